The second kappa shape index (κ2) is 7.86. The van der Waals surface area contributed by atoms with Crippen LogP contribution in [0.1, 0.15) is 0 Å². The zero-order valence-electron chi connectivity index (χ0n) is 10.5. The Morgan fingerprint density at radius 3 is 2.21 bits per heavy atom. The molecule has 114 valence electrons. The van der Waals surface area contributed by atoms with E-state index in [1.807, 2.05) is 0 Å². The standard InChI is InChI=1S/C10H17F4N3O.ClH/c1-15-6-8(18)17-4-2-16(3-5-17)7-10(13,14)9(11)12;/h9,15H,2-7H2,1H3;1H. The van der Waals surface area contributed by atoms with E-state index in [4.69, 9.17) is 0 Å². The molecule has 0 aromatic rings. The van der Waals surface area contributed by atoms with Gasteiger partial charge in [0.2, 0.25) is 5.91 Å². The first-order valence-electron chi connectivity index (χ1n) is 5.67. The number of carbonyl (C=O) groups is 1. The normalized spacial score (nSPS) is 17.5. The van der Waals surface area contributed by atoms with Crippen LogP contribution in [-0.2, 0) is 4.79 Å². The van der Waals surface area contributed by atoms with E-state index in [0.29, 0.717) is 13.1 Å². The molecule has 0 aromatic heterocycles. The number of halogens is 5. The SMILES string of the molecule is CNCC(=O)N1CCN(CC(F)(F)C(F)F)CC1.Cl. The minimum Gasteiger partial charge on any atom is -0.339 e. The van der Waals surface area contributed by atoms with E-state index in [0.717, 1.165) is 0 Å². The second-order valence-corrected chi connectivity index (χ2v) is 4.25. The van der Waals surface area contributed by atoms with Crippen molar-refractivity contribution in [2.75, 3.05) is 46.3 Å². The third-order valence-corrected chi connectivity index (χ3v) is 2.81. The molecule has 1 rings (SSSR count). The van der Waals surface area contributed by atoms with Crippen LogP contribution >= 0.6 is 12.4 Å². The Hall–Kier alpha value is -0.600. The molecule has 19 heavy (non-hydrogen) atoms. The van der Waals surface area contributed by atoms with Crippen molar-refractivity contribution in [1.82, 2.24) is 15.1 Å². The molecule has 0 atom stereocenters. The molecule has 1 fully saturated rings. The maximum atomic E-state index is 12.8. The van der Waals surface area contributed by atoms with Crippen LogP contribution in [0.5, 0.6) is 0 Å². The highest BCUT2D eigenvalue weighted by atomic mass is 35.5. The fraction of sp³-hybridized carbons (Fsp3) is 0.900. The zero-order valence-corrected chi connectivity index (χ0v) is 11.4. The lowest BCUT2D eigenvalue weighted by atomic mass is 10.2. The predicted molar refractivity (Wildman–Crippen MR) is 65.1 cm³/mol. The Morgan fingerprint density at radius 1 is 1.26 bits per heavy atom. The fourth-order valence-electron chi connectivity index (χ4n) is 1.79. The third-order valence-electron chi connectivity index (χ3n) is 2.81. The molecule has 0 unspecified atom stereocenters. The Bertz CT molecular complexity index is 286. The van der Waals surface area contributed by atoms with Gasteiger partial charge in [-0.3, -0.25) is 9.69 Å². The van der Waals surface area contributed by atoms with E-state index in [1.54, 1.807) is 7.05 Å². The summed E-state index contributed by atoms with van der Waals surface area (Å²) in [6, 6.07) is 0. The van der Waals surface area contributed by atoms with Crippen LogP contribution in [0.2, 0.25) is 0 Å². The number of carbonyl (C=O) groups excluding carboxylic acids is 1. The van der Waals surface area contributed by atoms with Gasteiger partial charge >= 0.3 is 12.3 Å². The molecule has 1 aliphatic heterocycles. The highest BCUT2D eigenvalue weighted by molar-refractivity contribution is 5.85. The van der Waals surface area contributed by atoms with E-state index in [1.165, 1.54) is 9.80 Å². The smallest absolute Gasteiger partial charge is 0.319 e. The summed E-state index contributed by atoms with van der Waals surface area (Å²) in [5, 5.41) is 2.71. The molecule has 1 saturated heterocycles. The van der Waals surface area contributed by atoms with E-state index < -0.39 is 18.9 Å². The molecule has 0 saturated carbocycles. The highest BCUT2D eigenvalue weighted by Gasteiger charge is 2.42. The summed E-state index contributed by atoms with van der Waals surface area (Å²) >= 11 is 0. The summed E-state index contributed by atoms with van der Waals surface area (Å²) in [6.45, 7) is 0.196. The number of rotatable bonds is 5. The average Bonchev–Trinajstić information content (AvgIpc) is 2.29. The number of amides is 1. The van der Waals surface area contributed by atoms with Crippen molar-refractivity contribution in [2.24, 2.45) is 0 Å². The lowest BCUT2D eigenvalue weighted by molar-refractivity contribution is -0.148. The molecule has 4 nitrogen and oxygen atoms in total. The van der Waals surface area contributed by atoms with Gasteiger partial charge in [-0.15, -0.1) is 12.4 Å². The molecule has 0 radical (unpaired) electrons. The first kappa shape index (κ1) is 18.4. The first-order valence-corrected chi connectivity index (χ1v) is 5.67. The predicted octanol–water partition coefficient (Wildman–Crippen LogP) is 0.672. The van der Waals surface area contributed by atoms with Gasteiger partial charge in [-0.25, -0.2) is 8.78 Å². The van der Waals surface area contributed by atoms with E-state index >= 15 is 0 Å². The number of nitrogens with zero attached hydrogens (tertiary/aromatic N) is 2. The lowest BCUT2D eigenvalue weighted by Gasteiger charge is -2.36. The minimum absolute atomic E-state index is 0. The summed E-state index contributed by atoms with van der Waals surface area (Å²) in [6.07, 6.45) is -3.65. The van der Waals surface area contributed by atoms with Gasteiger partial charge in [0.15, 0.2) is 0 Å². The summed E-state index contributed by atoms with van der Waals surface area (Å²) in [5.74, 6) is -4.10. The Balaban J connectivity index is 0.00000324. The summed E-state index contributed by atoms with van der Waals surface area (Å²) in [5.41, 5.74) is 0. The van der Waals surface area contributed by atoms with Crippen molar-refractivity contribution in [2.45, 2.75) is 12.3 Å². The number of likely N-dealkylation sites (N-methyl/N-ethyl adjacent to an activating group) is 1. The van der Waals surface area contributed by atoms with Crippen LogP contribution in [0.3, 0.4) is 0 Å². The topological polar surface area (TPSA) is 35.6 Å². The Labute approximate surface area is 115 Å². The van der Waals surface area contributed by atoms with Crippen LogP contribution in [-0.4, -0.2) is 74.4 Å². The molecular formula is C10H18ClF4N3O. The van der Waals surface area contributed by atoms with Crippen LogP contribution < -0.4 is 5.32 Å². The average molecular weight is 308 g/mol. The monoisotopic (exact) mass is 307 g/mol. The van der Waals surface area contributed by atoms with Gasteiger partial charge in [0.25, 0.3) is 0 Å². The largest absolute Gasteiger partial charge is 0.339 e. The fourth-order valence-corrected chi connectivity index (χ4v) is 1.79. The van der Waals surface area contributed by atoms with Gasteiger partial charge in [0, 0.05) is 26.2 Å². The number of hydrogen-bond donors (Lipinski definition) is 1. The van der Waals surface area contributed by atoms with E-state index in [2.05, 4.69) is 5.32 Å². The van der Waals surface area contributed by atoms with Gasteiger partial charge in [-0.1, -0.05) is 0 Å². The van der Waals surface area contributed by atoms with E-state index in [9.17, 15) is 22.4 Å². The van der Waals surface area contributed by atoms with Crippen LogP contribution in [0, 0.1) is 0 Å². The molecule has 1 aliphatic rings. The molecule has 0 aromatic carbocycles. The number of alkyl halides is 4. The third kappa shape index (κ3) is 5.50. The van der Waals surface area contributed by atoms with Gasteiger partial charge in [0.05, 0.1) is 13.1 Å². The molecule has 0 bridgehead atoms. The second-order valence-electron chi connectivity index (χ2n) is 4.25. The Morgan fingerprint density at radius 2 is 1.79 bits per heavy atom. The summed E-state index contributed by atoms with van der Waals surface area (Å²) < 4.78 is 49.7. The van der Waals surface area contributed by atoms with Crippen LogP contribution in [0.15, 0.2) is 0 Å². The highest BCUT2D eigenvalue weighted by Crippen LogP contribution is 2.24. The number of nitrogens with one attached hydrogen (secondary N) is 1. The van der Waals surface area contributed by atoms with Crippen LogP contribution in [0.25, 0.3) is 0 Å². The van der Waals surface area contributed by atoms with Crippen molar-refractivity contribution in [3.8, 4) is 0 Å². The Kier molecular flexibility index (Phi) is 7.61. The van der Waals surface area contributed by atoms with Gasteiger partial charge < -0.3 is 10.2 Å². The molecule has 0 aliphatic carbocycles. The van der Waals surface area contributed by atoms with Crippen molar-refractivity contribution < 1.29 is 22.4 Å². The molecule has 9 heteroatoms. The molecule has 1 heterocycles. The lowest BCUT2D eigenvalue weighted by Crippen LogP contribution is -2.53. The maximum Gasteiger partial charge on any atom is 0.319 e. The van der Waals surface area contributed by atoms with Crippen molar-refractivity contribution >= 4 is 18.3 Å². The maximum absolute atomic E-state index is 12.8. The summed E-state index contributed by atoms with van der Waals surface area (Å²) in [4.78, 5) is 14.3. The minimum atomic E-state index is -3.99. The van der Waals surface area contributed by atoms with Gasteiger partial charge in [0.1, 0.15) is 0 Å². The first-order chi connectivity index (χ1) is 8.36. The van der Waals surface area contributed by atoms with Crippen molar-refractivity contribution in [3.05, 3.63) is 0 Å². The number of piperazine rings is 1. The zero-order chi connectivity index (χ0) is 13.8. The van der Waals surface area contributed by atoms with Crippen molar-refractivity contribution in [1.29, 1.82) is 0 Å². The molecular weight excluding hydrogens is 290 g/mol. The van der Waals surface area contributed by atoms with Gasteiger partial charge in [-0.05, 0) is 7.05 Å². The van der Waals surface area contributed by atoms with Gasteiger partial charge in [-0.2, -0.15) is 8.78 Å². The van der Waals surface area contributed by atoms with Crippen molar-refractivity contribution in [3.63, 3.8) is 0 Å². The quantitative estimate of drug-likeness (QED) is 0.759. The van der Waals surface area contributed by atoms with Crippen LogP contribution in [0.4, 0.5) is 17.6 Å². The molecule has 1 N–H and O–H groups in total. The molecule has 1 amide bonds. The molecule has 0 spiro atoms. The number of hydrogen-bond acceptors (Lipinski definition) is 3. The summed E-state index contributed by atoms with van der Waals surface area (Å²) in [7, 11) is 1.64. The van der Waals surface area contributed by atoms with E-state index in [-0.39, 0.29) is 37.9 Å².